The second kappa shape index (κ2) is 3.23. The van der Waals surface area contributed by atoms with Crippen LogP contribution in [-0.2, 0) is 4.79 Å². The lowest BCUT2D eigenvalue weighted by molar-refractivity contribution is -0.145. The highest BCUT2D eigenvalue weighted by Gasteiger charge is 2.46. The molecule has 0 aromatic rings. The Morgan fingerprint density at radius 2 is 1.87 bits per heavy atom. The third-order valence-corrected chi connectivity index (χ3v) is 3.34. The fraction of sp³-hybridized carbons (Fsp3) is 0.923. The fourth-order valence-electron chi connectivity index (χ4n) is 3.01. The van der Waals surface area contributed by atoms with E-state index in [1.54, 1.807) is 0 Å². The van der Waals surface area contributed by atoms with Gasteiger partial charge in [-0.1, -0.05) is 27.7 Å². The molecular weight excluding hydrogens is 186 g/mol. The van der Waals surface area contributed by atoms with Crippen LogP contribution in [-0.4, -0.2) is 23.9 Å². The Morgan fingerprint density at radius 3 is 2.27 bits per heavy atom. The average Bonchev–Trinajstić information content (AvgIpc) is 2.76. The lowest BCUT2D eigenvalue weighted by atomic mass is 9.70. The van der Waals surface area contributed by atoms with E-state index in [9.17, 15) is 4.79 Å². The number of hydrogen-bond donors (Lipinski definition) is 0. The van der Waals surface area contributed by atoms with Crippen LogP contribution >= 0.6 is 0 Å². The standard InChI is InChI=1S/C13H23NO/c1-12(2,3)7-13(4)8-14(9-13)11(15)10-5-6-10/h10H,5-9H2,1-4H3. The number of carbonyl (C=O) groups is 1. The maximum atomic E-state index is 11.8. The summed E-state index contributed by atoms with van der Waals surface area (Å²) in [6, 6.07) is 0. The first-order valence-electron chi connectivity index (χ1n) is 6.08. The minimum atomic E-state index is 0.378. The van der Waals surface area contributed by atoms with E-state index >= 15 is 0 Å². The Balaban J connectivity index is 1.82. The lowest BCUT2D eigenvalue weighted by Crippen LogP contribution is -2.58. The third kappa shape index (κ3) is 2.53. The molecule has 0 N–H and O–H groups in total. The molecule has 1 amide bonds. The van der Waals surface area contributed by atoms with Crippen LogP contribution in [0.1, 0.15) is 47.0 Å². The van der Waals surface area contributed by atoms with Gasteiger partial charge < -0.3 is 4.90 Å². The van der Waals surface area contributed by atoms with Crippen molar-refractivity contribution in [1.29, 1.82) is 0 Å². The first kappa shape index (κ1) is 11.0. The van der Waals surface area contributed by atoms with E-state index in [-0.39, 0.29) is 0 Å². The summed E-state index contributed by atoms with van der Waals surface area (Å²) in [7, 11) is 0. The minimum absolute atomic E-state index is 0.378. The highest BCUT2D eigenvalue weighted by molar-refractivity contribution is 5.81. The maximum absolute atomic E-state index is 11.8. The largest absolute Gasteiger partial charge is 0.341 e. The van der Waals surface area contributed by atoms with Crippen molar-refractivity contribution in [2.45, 2.75) is 47.0 Å². The summed E-state index contributed by atoms with van der Waals surface area (Å²) in [4.78, 5) is 13.8. The molecule has 0 atom stereocenters. The van der Waals surface area contributed by atoms with Crippen LogP contribution in [0.2, 0.25) is 0 Å². The van der Waals surface area contributed by atoms with Crippen LogP contribution in [0.5, 0.6) is 0 Å². The number of likely N-dealkylation sites (tertiary alicyclic amines) is 1. The molecule has 2 heteroatoms. The van der Waals surface area contributed by atoms with E-state index in [1.807, 2.05) is 0 Å². The second-order valence-corrected chi connectivity index (χ2v) is 7.02. The molecule has 1 aliphatic heterocycles. The van der Waals surface area contributed by atoms with E-state index in [1.165, 1.54) is 6.42 Å². The summed E-state index contributed by atoms with van der Waals surface area (Å²) in [6.45, 7) is 11.1. The average molecular weight is 209 g/mol. The Labute approximate surface area is 93.0 Å². The molecule has 0 radical (unpaired) electrons. The van der Waals surface area contributed by atoms with Crippen molar-refractivity contribution in [3.63, 3.8) is 0 Å². The van der Waals surface area contributed by atoms with Crippen LogP contribution in [0.25, 0.3) is 0 Å². The number of hydrogen-bond acceptors (Lipinski definition) is 1. The molecule has 2 nitrogen and oxygen atoms in total. The quantitative estimate of drug-likeness (QED) is 0.684. The van der Waals surface area contributed by atoms with E-state index < -0.39 is 0 Å². The Morgan fingerprint density at radius 1 is 1.33 bits per heavy atom. The Kier molecular flexibility index (Phi) is 2.36. The second-order valence-electron chi connectivity index (χ2n) is 7.02. The number of nitrogens with zero attached hydrogens (tertiary/aromatic N) is 1. The van der Waals surface area contributed by atoms with Gasteiger partial charge in [-0.3, -0.25) is 4.79 Å². The highest BCUT2D eigenvalue weighted by Crippen LogP contribution is 2.43. The molecule has 1 saturated carbocycles. The molecule has 0 spiro atoms. The Bertz CT molecular complexity index is 267. The van der Waals surface area contributed by atoms with E-state index in [2.05, 4.69) is 32.6 Å². The van der Waals surface area contributed by atoms with Gasteiger partial charge in [0.05, 0.1) is 0 Å². The fourth-order valence-corrected chi connectivity index (χ4v) is 3.01. The summed E-state index contributed by atoms with van der Waals surface area (Å²) in [5, 5.41) is 0. The molecule has 0 unspecified atom stereocenters. The van der Waals surface area contributed by atoms with Gasteiger partial charge in [-0.25, -0.2) is 0 Å². The van der Waals surface area contributed by atoms with E-state index in [4.69, 9.17) is 0 Å². The van der Waals surface area contributed by atoms with Crippen molar-refractivity contribution in [2.75, 3.05) is 13.1 Å². The molecule has 0 bridgehead atoms. The summed E-state index contributed by atoms with van der Waals surface area (Å²) >= 11 is 0. The number of amides is 1. The molecular formula is C13H23NO. The van der Waals surface area contributed by atoms with Gasteiger partial charge >= 0.3 is 0 Å². The number of rotatable bonds is 2. The van der Waals surface area contributed by atoms with Gasteiger partial charge in [0.25, 0.3) is 0 Å². The van der Waals surface area contributed by atoms with E-state index in [0.717, 1.165) is 25.9 Å². The van der Waals surface area contributed by atoms with Crippen LogP contribution < -0.4 is 0 Å². The van der Waals surface area contributed by atoms with Crippen molar-refractivity contribution in [3.8, 4) is 0 Å². The van der Waals surface area contributed by atoms with Crippen molar-refractivity contribution in [3.05, 3.63) is 0 Å². The summed E-state index contributed by atoms with van der Waals surface area (Å²) in [6.07, 6.45) is 3.48. The number of carbonyl (C=O) groups excluding carboxylic acids is 1. The normalized spacial score (nSPS) is 24.9. The molecule has 0 aromatic heterocycles. The molecule has 1 heterocycles. The van der Waals surface area contributed by atoms with Gasteiger partial charge in [-0.15, -0.1) is 0 Å². The third-order valence-electron chi connectivity index (χ3n) is 3.34. The molecule has 86 valence electrons. The van der Waals surface area contributed by atoms with Crippen LogP contribution in [0, 0.1) is 16.7 Å². The maximum Gasteiger partial charge on any atom is 0.225 e. The van der Waals surface area contributed by atoms with Crippen LogP contribution in [0.4, 0.5) is 0 Å². The molecule has 2 rings (SSSR count). The molecule has 0 aromatic carbocycles. The van der Waals surface area contributed by atoms with Crippen molar-refractivity contribution in [1.82, 2.24) is 4.90 Å². The van der Waals surface area contributed by atoms with Crippen LogP contribution in [0.3, 0.4) is 0 Å². The summed E-state index contributed by atoms with van der Waals surface area (Å²) in [5.74, 6) is 0.811. The predicted octanol–water partition coefficient (Wildman–Crippen LogP) is 2.68. The van der Waals surface area contributed by atoms with Gasteiger partial charge in [-0.2, -0.15) is 0 Å². The van der Waals surface area contributed by atoms with Crippen molar-refractivity contribution < 1.29 is 4.79 Å². The van der Waals surface area contributed by atoms with E-state index in [0.29, 0.717) is 22.7 Å². The first-order valence-corrected chi connectivity index (χ1v) is 6.08. The smallest absolute Gasteiger partial charge is 0.225 e. The Hall–Kier alpha value is -0.530. The van der Waals surface area contributed by atoms with Gasteiger partial charge in [0.2, 0.25) is 5.91 Å². The van der Waals surface area contributed by atoms with Crippen molar-refractivity contribution >= 4 is 5.91 Å². The zero-order chi connectivity index (χ0) is 11.3. The highest BCUT2D eigenvalue weighted by atomic mass is 16.2. The van der Waals surface area contributed by atoms with Gasteiger partial charge in [0.1, 0.15) is 0 Å². The zero-order valence-electron chi connectivity index (χ0n) is 10.5. The summed E-state index contributed by atoms with van der Waals surface area (Å²) < 4.78 is 0. The predicted molar refractivity (Wildman–Crippen MR) is 61.5 cm³/mol. The molecule has 1 aliphatic carbocycles. The van der Waals surface area contributed by atoms with Gasteiger partial charge in [0.15, 0.2) is 0 Å². The van der Waals surface area contributed by atoms with Gasteiger partial charge in [-0.05, 0) is 24.7 Å². The van der Waals surface area contributed by atoms with Gasteiger partial charge in [0, 0.05) is 24.4 Å². The first-order chi connectivity index (χ1) is 6.79. The zero-order valence-corrected chi connectivity index (χ0v) is 10.5. The topological polar surface area (TPSA) is 20.3 Å². The molecule has 2 aliphatic rings. The molecule has 2 fully saturated rings. The van der Waals surface area contributed by atoms with Crippen LogP contribution in [0.15, 0.2) is 0 Å². The SMILES string of the molecule is CC(C)(C)CC1(C)CN(C(=O)C2CC2)C1. The van der Waals surface area contributed by atoms with Crippen molar-refractivity contribution in [2.24, 2.45) is 16.7 Å². The summed E-state index contributed by atoms with van der Waals surface area (Å²) in [5.41, 5.74) is 0.756. The molecule has 1 saturated heterocycles. The minimum Gasteiger partial charge on any atom is -0.341 e. The lowest BCUT2D eigenvalue weighted by Gasteiger charge is -2.50. The molecule has 15 heavy (non-hydrogen) atoms. The monoisotopic (exact) mass is 209 g/mol.